The van der Waals surface area contributed by atoms with Crippen molar-refractivity contribution in [2.24, 2.45) is 0 Å². The first kappa shape index (κ1) is 12.8. The summed E-state index contributed by atoms with van der Waals surface area (Å²) in [5, 5.41) is 39.9. The molecular formula is C21H25ClO6. The highest BCUT2D eigenvalue weighted by molar-refractivity contribution is 6.31. The number of hydrogen-bond donors (Lipinski definition) is 4. The Balaban J connectivity index is 2.24. The molecule has 0 spiro atoms. The Bertz CT molecular complexity index is 1150. The Labute approximate surface area is 180 Å². The van der Waals surface area contributed by atoms with Crippen molar-refractivity contribution >= 4 is 11.6 Å². The second-order valence-electron chi connectivity index (χ2n) is 6.09. The van der Waals surface area contributed by atoms with Crippen LogP contribution >= 0.6 is 11.6 Å². The molecule has 0 unspecified atom stereocenters. The SMILES string of the molecule is [2H]c1c([2H])c([C@]2([2H])O[C@H](CO)[C@@H](O)[C@H](O)[C@H]2O)c([2H])c(Cc2c([2H])c([2H])c(OCC)c([2H])c2[2H])c1Cl. The molecule has 3 rings (SSSR count). The molecule has 1 saturated heterocycles. The van der Waals surface area contributed by atoms with E-state index in [1.54, 1.807) is 6.92 Å². The fourth-order valence-electron chi connectivity index (χ4n) is 2.70. The molecule has 0 saturated carbocycles. The molecule has 28 heavy (non-hydrogen) atoms. The van der Waals surface area contributed by atoms with Crippen LogP contribution in [0.25, 0.3) is 0 Å². The lowest BCUT2D eigenvalue weighted by molar-refractivity contribution is -0.231. The monoisotopic (exact) mass is 416 g/mol. The van der Waals surface area contributed by atoms with E-state index in [4.69, 9.17) is 32.0 Å². The van der Waals surface area contributed by atoms with E-state index in [-0.39, 0.29) is 23.5 Å². The van der Waals surface area contributed by atoms with Gasteiger partial charge in [-0.2, -0.15) is 0 Å². The third kappa shape index (κ3) is 4.49. The molecule has 5 atom stereocenters. The van der Waals surface area contributed by atoms with E-state index in [2.05, 4.69) is 0 Å². The second-order valence-corrected chi connectivity index (χ2v) is 6.47. The summed E-state index contributed by atoms with van der Waals surface area (Å²) in [6.45, 7) is 0.843. The van der Waals surface area contributed by atoms with Crippen molar-refractivity contribution in [2.45, 2.75) is 43.8 Å². The number of benzene rings is 2. The minimum Gasteiger partial charge on any atom is -0.494 e. The lowest BCUT2D eigenvalue weighted by Crippen LogP contribution is -2.55. The summed E-state index contributed by atoms with van der Waals surface area (Å²) in [6, 6.07) is -4.04. The fourth-order valence-corrected chi connectivity index (χ4v) is 2.86. The zero-order valence-corrected chi connectivity index (χ0v) is 15.7. The maximum absolute atomic E-state index is 10.6. The van der Waals surface area contributed by atoms with Crippen molar-refractivity contribution in [3.05, 3.63) is 64.0 Å². The Morgan fingerprint density at radius 3 is 2.46 bits per heavy atom. The van der Waals surface area contributed by atoms with Crippen molar-refractivity contribution in [3.63, 3.8) is 0 Å². The highest BCUT2D eigenvalue weighted by atomic mass is 35.5. The van der Waals surface area contributed by atoms with Gasteiger partial charge in [-0.05, 0) is 48.2 Å². The molecule has 2 aromatic rings. The molecule has 7 heteroatoms. The summed E-state index contributed by atoms with van der Waals surface area (Å²) in [4.78, 5) is 0. The van der Waals surface area contributed by atoms with Gasteiger partial charge in [0.05, 0.1) is 24.2 Å². The summed E-state index contributed by atoms with van der Waals surface area (Å²) < 4.78 is 77.4. The summed E-state index contributed by atoms with van der Waals surface area (Å²) >= 11 is 6.26. The van der Waals surface area contributed by atoms with E-state index in [1.165, 1.54) is 0 Å². The van der Waals surface area contributed by atoms with E-state index in [0.717, 1.165) is 0 Å². The van der Waals surface area contributed by atoms with Crippen molar-refractivity contribution < 1.29 is 40.9 Å². The highest BCUT2D eigenvalue weighted by Gasteiger charge is 2.43. The number of rotatable bonds is 6. The maximum Gasteiger partial charge on any atom is 0.119 e. The first-order valence-corrected chi connectivity index (χ1v) is 8.95. The molecule has 4 N–H and O–H groups in total. The van der Waals surface area contributed by atoms with Crippen LogP contribution in [0, 0.1) is 0 Å². The first-order chi connectivity index (χ1) is 16.7. The average molecular weight is 417 g/mol. The van der Waals surface area contributed by atoms with Crippen LogP contribution in [0.5, 0.6) is 5.75 Å². The number of aliphatic hydroxyl groups is 4. The number of aliphatic hydroxyl groups excluding tert-OH is 4. The molecule has 0 aliphatic carbocycles. The standard InChI is InChI=1S/C21H25ClO6/c1-2-27-15-6-3-12(4-7-15)9-14-10-13(5-8-16(14)22)21-20(26)19(25)18(24)17(11-23)28-21/h3-8,10,17-21,23-26H,2,9,11H2,1H3/t17-,18-,19+,20-,21+/m1/s1/i3D,4D,5D,6D,7D,8D,10D,21D. The van der Waals surface area contributed by atoms with Crippen LogP contribution in [-0.2, 0) is 11.2 Å². The quantitative estimate of drug-likeness (QED) is 0.573. The van der Waals surface area contributed by atoms with Crippen molar-refractivity contribution in [3.8, 4) is 5.75 Å². The zero-order valence-electron chi connectivity index (χ0n) is 22.9. The molecule has 1 aliphatic rings. The highest BCUT2D eigenvalue weighted by Crippen LogP contribution is 2.34. The first-order valence-electron chi connectivity index (χ1n) is 12.6. The van der Waals surface area contributed by atoms with Crippen molar-refractivity contribution in [2.75, 3.05) is 13.2 Å². The summed E-state index contributed by atoms with van der Waals surface area (Å²) in [6.07, 6.45) is -10.8. The second kappa shape index (κ2) is 9.22. The normalized spacial score (nSPS) is 34.2. The van der Waals surface area contributed by atoms with E-state index in [1.807, 2.05) is 0 Å². The number of halogens is 1. The van der Waals surface area contributed by atoms with Crippen LogP contribution in [0.15, 0.2) is 42.3 Å². The summed E-state index contributed by atoms with van der Waals surface area (Å²) in [5.41, 5.74) is -1.13. The smallest absolute Gasteiger partial charge is 0.119 e. The molecule has 0 aromatic heterocycles. The Morgan fingerprint density at radius 2 is 1.82 bits per heavy atom. The van der Waals surface area contributed by atoms with Crippen LogP contribution in [0.2, 0.25) is 5.02 Å². The van der Waals surface area contributed by atoms with Gasteiger partial charge in [0.25, 0.3) is 0 Å². The van der Waals surface area contributed by atoms with E-state index in [9.17, 15) is 20.4 Å². The Kier molecular flexibility index (Phi) is 4.21. The van der Waals surface area contributed by atoms with Crippen LogP contribution in [-0.4, -0.2) is 58.1 Å². The predicted molar refractivity (Wildman–Crippen MR) is 105 cm³/mol. The van der Waals surface area contributed by atoms with Gasteiger partial charge in [0.15, 0.2) is 0 Å². The molecule has 0 bridgehead atoms. The average Bonchev–Trinajstić information content (AvgIpc) is 2.84. The van der Waals surface area contributed by atoms with Crippen molar-refractivity contribution in [1.82, 2.24) is 0 Å². The third-order valence-electron chi connectivity index (χ3n) is 4.16. The lowest BCUT2D eigenvalue weighted by Gasteiger charge is -2.40. The van der Waals surface area contributed by atoms with Gasteiger partial charge >= 0.3 is 0 Å². The largest absolute Gasteiger partial charge is 0.494 e. The number of ether oxygens (including phenoxy) is 2. The lowest BCUT2D eigenvalue weighted by atomic mass is 9.90. The molecular weight excluding hydrogens is 384 g/mol. The van der Waals surface area contributed by atoms with Gasteiger partial charge in [-0.15, -0.1) is 0 Å². The third-order valence-corrected chi connectivity index (χ3v) is 4.48. The zero-order chi connectivity index (χ0) is 27.3. The molecule has 1 fully saturated rings. The fraction of sp³-hybridized carbons (Fsp3) is 0.429. The Morgan fingerprint density at radius 1 is 1.11 bits per heavy atom. The van der Waals surface area contributed by atoms with Gasteiger partial charge in [-0.25, -0.2) is 0 Å². The van der Waals surface area contributed by atoms with Gasteiger partial charge in [0.2, 0.25) is 0 Å². The van der Waals surface area contributed by atoms with Crippen LogP contribution < -0.4 is 4.74 Å². The van der Waals surface area contributed by atoms with Crippen LogP contribution in [0.1, 0.15) is 40.7 Å². The van der Waals surface area contributed by atoms with Gasteiger partial charge < -0.3 is 29.9 Å². The summed E-state index contributed by atoms with van der Waals surface area (Å²) in [7, 11) is 0. The van der Waals surface area contributed by atoms with Gasteiger partial charge in [0.1, 0.15) is 36.2 Å². The van der Waals surface area contributed by atoms with Gasteiger partial charge in [-0.1, -0.05) is 35.8 Å². The molecule has 6 nitrogen and oxygen atoms in total. The molecule has 1 heterocycles. The summed E-state index contributed by atoms with van der Waals surface area (Å²) in [5.74, 6) is -0.261. The van der Waals surface area contributed by atoms with Crippen LogP contribution in [0.4, 0.5) is 0 Å². The molecule has 1 aliphatic heterocycles. The maximum atomic E-state index is 10.6. The molecule has 152 valence electrons. The minimum absolute atomic E-state index is 0.0957. The molecule has 0 radical (unpaired) electrons. The molecule has 0 amide bonds. The predicted octanol–water partition coefficient (Wildman–Crippen LogP) is 1.84. The Hall–Kier alpha value is -1.67. The van der Waals surface area contributed by atoms with Gasteiger partial charge in [0, 0.05) is 5.02 Å². The molecule has 2 aromatic carbocycles. The van der Waals surface area contributed by atoms with Crippen LogP contribution in [0.3, 0.4) is 0 Å². The number of hydrogen-bond acceptors (Lipinski definition) is 6. The van der Waals surface area contributed by atoms with E-state index >= 15 is 0 Å². The topological polar surface area (TPSA) is 99.4 Å². The minimum atomic E-state index is -2.77. The van der Waals surface area contributed by atoms with E-state index < -0.39 is 96.4 Å². The van der Waals surface area contributed by atoms with E-state index in [0.29, 0.717) is 0 Å². The van der Waals surface area contributed by atoms with Crippen molar-refractivity contribution in [1.29, 1.82) is 0 Å². The van der Waals surface area contributed by atoms with Gasteiger partial charge in [-0.3, -0.25) is 0 Å².